The van der Waals surface area contributed by atoms with Crippen molar-refractivity contribution in [2.24, 2.45) is 10.7 Å². The topological polar surface area (TPSA) is 88.5 Å². The maximum atomic E-state index is 12.9. The van der Waals surface area contributed by atoms with E-state index in [0.29, 0.717) is 0 Å². The Morgan fingerprint density at radius 2 is 2.38 bits per heavy atom. The summed E-state index contributed by atoms with van der Waals surface area (Å²) < 4.78 is 17.5. The summed E-state index contributed by atoms with van der Waals surface area (Å²) in [5.41, 5.74) is 5.15. The minimum Gasteiger partial charge on any atom is -0.461 e. The molecule has 0 bridgehead atoms. The van der Waals surface area contributed by atoms with Gasteiger partial charge in [-0.3, -0.25) is 5.41 Å². The number of amidine groups is 1. The quantitative estimate of drug-likeness (QED) is 0.427. The van der Waals surface area contributed by atoms with Crippen molar-refractivity contribution in [1.82, 2.24) is 0 Å². The van der Waals surface area contributed by atoms with Crippen LogP contribution in [0.3, 0.4) is 0 Å². The van der Waals surface area contributed by atoms with Crippen LogP contribution in [0.4, 0.5) is 4.39 Å². The highest BCUT2D eigenvalue weighted by molar-refractivity contribution is 6.48. The number of ether oxygens (including phenoxy) is 1. The number of nitrogens with one attached hydrogen (secondary N) is 1. The maximum Gasteiger partial charge on any atom is 0.356 e. The Bertz CT molecular complexity index is 410. The van der Waals surface area contributed by atoms with Gasteiger partial charge in [-0.1, -0.05) is 6.08 Å². The number of carbonyl (C=O) groups excluding carboxylic acids is 1. The van der Waals surface area contributed by atoms with E-state index in [1.54, 1.807) is 6.92 Å². The molecule has 1 rings (SSSR count). The van der Waals surface area contributed by atoms with E-state index in [2.05, 4.69) is 9.73 Å². The Kier molecular flexibility index (Phi) is 3.93. The fourth-order valence-electron chi connectivity index (χ4n) is 1.14. The Balaban J connectivity index is 2.90. The van der Waals surface area contributed by atoms with Crippen LogP contribution in [-0.2, 0) is 9.53 Å². The minimum absolute atomic E-state index is 0.0994. The van der Waals surface area contributed by atoms with E-state index in [-0.39, 0.29) is 24.4 Å². The van der Waals surface area contributed by atoms with Crippen molar-refractivity contribution in [3.05, 3.63) is 23.7 Å². The Morgan fingerprint density at radius 3 is 3.00 bits per heavy atom. The molecule has 0 unspecified atom stereocenters. The minimum atomic E-state index is -0.797. The van der Waals surface area contributed by atoms with Crippen molar-refractivity contribution < 1.29 is 13.9 Å². The van der Waals surface area contributed by atoms with Gasteiger partial charge < -0.3 is 10.5 Å². The Morgan fingerprint density at radius 1 is 1.69 bits per heavy atom. The lowest BCUT2D eigenvalue weighted by atomic mass is 10.1. The van der Waals surface area contributed by atoms with E-state index in [9.17, 15) is 9.18 Å². The van der Waals surface area contributed by atoms with Gasteiger partial charge in [0.15, 0.2) is 5.71 Å². The van der Waals surface area contributed by atoms with Gasteiger partial charge in [0, 0.05) is 5.57 Å². The van der Waals surface area contributed by atoms with Crippen molar-refractivity contribution >= 4 is 17.5 Å². The molecule has 0 aromatic heterocycles. The van der Waals surface area contributed by atoms with Crippen molar-refractivity contribution in [2.45, 2.75) is 13.3 Å². The first-order valence-corrected chi connectivity index (χ1v) is 4.72. The highest BCUT2D eigenvalue weighted by atomic mass is 19.1. The zero-order valence-corrected chi connectivity index (χ0v) is 8.79. The summed E-state index contributed by atoms with van der Waals surface area (Å²) in [5, 5.41) is 7.54. The van der Waals surface area contributed by atoms with Gasteiger partial charge in [0.25, 0.3) is 0 Å². The summed E-state index contributed by atoms with van der Waals surface area (Å²) in [7, 11) is 0. The number of nitrogens with zero attached hydrogens (tertiary/aromatic N) is 1. The molecule has 0 atom stereocenters. The first kappa shape index (κ1) is 12.1. The molecule has 3 N–H and O–H groups in total. The predicted octanol–water partition coefficient (Wildman–Crippen LogP) is 1.07. The lowest BCUT2D eigenvalue weighted by Crippen LogP contribution is -2.27. The third-order valence-electron chi connectivity index (χ3n) is 1.86. The molecule has 1 aliphatic rings. The largest absolute Gasteiger partial charge is 0.461 e. The van der Waals surface area contributed by atoms with E-state index < -0.39 is 17.6 Å². The number of aliphatic imine (C=N–C) groups is 1. The van der Waals surface area contributed by atoms with E-state index in [1.807, 2.05) is 0 Å². The molecule has 0 fully saturated rings. The third kappa shape index (κ3) is 2.75. The fraction of sp³-hybridized carbons (Fsp3) is 0.300. The van der Waals surface area contributed by atoms with Crippen LogP contribution in [0.2, 0.25) is 0 Å². The molecule has 6 heteroatoms. The molecule has 1 aliphatic heterocycles. The van der Waals surface area contributed by atoms with Gasteiger partial charge in [-0.2, -0.15) is 4.39 Å². The van der Waals surface area contributed by atoms with Crippen molar-refractivity contribution in [3.63, 3.8) is 0 Å². The van der Waals surface area contributed by atoms with E-state index in [4.69, 9.17) is 11.1 Å². The molecule has 0 saturated heterocycles. The van der Waals surface area contributed by atoms with E-state index in [0.717, 1.165) is 0 Å². The second-order valence-corrected chi connectivity index (χ2v) is 2.97. The van der Waals surface area contributed by atoms with Gasteiger partial charge in [-0.05, 0) is 19.4 Å². The molecule has 0 radical (unpaired) electrons. The van der Waals surface area contributed by atoms with E-state index in [1.165, 1.54) is 12.2 Å². The normalized spacial score (nSPS) is 15.5. The monoisotopic (exact) mass is 225 g/mol. The fourth-order valence-corrected chi connectivity index (χ4v) is 1.14. The van der Waals surface area contributed by atoms with Crippen molar-refractivity contribution in [3.8, 4) is 0 Å². The molecule has 16 heavy (non-hydrogen) atoms. The average molecular weight is 225 g/mol. The van der Waals surface area contributed by atoms with E-state index >= 15 is 0 Å². The van der Waals surface area contributed by atoms with Crippen LogP contribution in [0.1, 0.15) is 13.3 Å². The van der Waals surface area contributed by atoms with Gasteiger partial charge in [0.1, 0.15) is 5.84 Å². The molecule has 1 heterocycles. The van der Waals surface area contributed by atoms with Gasteiger partial charge in [-0.15, -0.1) is 0 Å². The first-order valence-electron chi connectivity index (χ1n) is 4.72. The van der Waals surface area contributed by atoms with Gasteiger partial charge in [0.2, 0.25) is 5.95 Å². The van der Waals surface area contributed by atoms with Crippen LogP contribution in [0.15, 0.2) is 28.7 Å². The molecular weight excluding hydrogens is 213 g/mol. The maximum absolute atomic E-state index is 12.9. The van der Waals surface area contributed by atoms with Crippen molar-refractivity contribution in [1.29, 1.82) is 5.41 Å². The van der Waals surface area contributed by atoms with Gasteiger partial charge >= 0.3 is 5.97 Å². The van der Waals surface area contributed by atoms with Gasteiger partial charge in [-0.25, -0.2) is 9.79 Å². The average Bonchev–Trinajstić information content (AvgIpc) is 2.38. The Hall–Kier alpha value is -1.98. The smallest absolute Gasteiger partial charge is 0.356 e. The number of halogens is 1. The second kappa shape index (κ2) is 5.20. The second-order valence-electron chi connectivity index (χ2n) is 2.97. The molecule has 5 nitrogen and oxygen atoms in total. The predicted molar refractivity (Wildman–Crippen MR) is 57.9 cm³/mol. The number of esters is 1. The highest BCUT2D eigenvalue weighted by Crippen LogP contribution is 2.11. The summed E-state index contributed by atoms with van der Waals surface area (Å²) in [6.07, 6.45) is 2.90. The highest BCUT2D eigenvalue weighted by Gasteiger charge is 2.19. The Labute approximate surface area is 92.0 Å². The number of hydrogen-bond acceptors (Lipinski definition) is 5. The number of nitrogens with two attached hydrogens (primary N) is 1. The van der Waals surface area contributed by atoms with Gasteiger partial charge in [0.05, 0.1) is 6.61 Å². The third-order valence-corrected chi connectivity index (χ3v) is 1.86. The first-order chi connectivity index (χ1) is 7.56. The number of carbonyl (C=O) groups is 1. The summed E-state index contributed by atoms with van der Waals surface area (Å²) in [6, 6.07) is 0. The summed E-state index contributed by atoms with van der Waals surface area (Å²) in [4.78, 5) is 14.7. The molecule has 0 aromatic rings. The molecule has 0 aromatic carbocycles. The molecule has 0 saturated carbocycles. The molecule has 86 valence electrons. The molecule has 0 spiro atoms. The van der Waals surface area contributed by atoms with Crippen LogP contribution >= 0.6 is 0 Å². The van der Waals surface area contributed by atoms with Crippen LogP contribution in [0.5, 0.6) is 0 Å². The standard InChI is InChI=1S/C10H12FN3O2/c1-2-16-10(15)8(12)6-4-3-5-7(11)14-9(6)13/h4-5,12H,2-3H2,1H3,(H2,13,14). The van der Waals surface area contributed by atoms with Crippen LogP contribution in [0, 0.1) is 5.41 Å². The van der Waals surface area contributed by atoms with Crippen LogP contribution in [0.25, 0.3) is 0 Å². The number of rotatable bonds is 3. The van der Waals surface area contributed by atoms with Crippen LogP contribution in [-0.4, -0.2) is 24.1 Å². The van der Waals surface area contributed by atoms with Crippen LogP contribution < -0.4 is 5.73 Å². The molecular formula is C10H12FN3O2. The molecule has 0 amide bonds. The lowest BCUT2D eigenvalue weighted by molar-refractivity contribution is -0.135. The van der Waals surface area contributed by atoms with Crippen molar-refractivity contribution in [2.75, 3.05) is 6.61 Å². The summed E-state index contributed by atoms with van der Waals surface area (Å²) in [6.45, 7) is 1.80. The number of allylic oxidation sites excluding steroid dienone is 2. The summed E-state index contributed by atoms with van der Waals surface area (Å²) in [5.74, 6) is -1.71. The zero-order chi connectivity index (χ0) is 12.1. The lowest BCUT2D eigenvalue weighted by Gasteiger charge is -2.06. The summed E-state index contributed by atoms with van der Waals surface area (Å²) >= 11 is 0. The zero-order valence-electron chi connectivity index (χ0n) is 8.79. The number of hydrogen-bond donors (Lipinski definition) is 2. The SMILES string of the molecule is CCOC(=O)C(=N)C1=CCC=C(F)N=C1N. The molecule has 0 aliphatic carbocycles.